The van der Waals surface area contributed by atoms with E-state index in [4.69, 9.17) is 0 Å². The Morgan fingerprint density at radius 2 is 1.22 bits per heavy atom. The summed E-state index contributed by atoms with van der Waals surface area (Å²) in [5.74, 6) is 0. The molecule has 0 bridgehead atoms. The zero-order valence-electron chi connectivity index (χ0n) is 38.4. The molecule has 0 aliphatic heterocycles. The summed E-state index contributed by atoms with van der Waals surface area (Å²) >= 11 is 0. The molecule has 65 heavy (non-hydrogen) atoms. The number of para-hydroxylation sites is 1. The maximum atomic E-state index is 4.00. The zero-order chi connectivity index (χ0) is 45.0. The summed E-state index contributed by atoms with van der Waals surface area (Å²) in [5.41, 5.74) is 13.9. The van der Waals surface area contributed by atoms with Gasteiger partial charge in [-0.25, -0.2) is 0 Å². The lowest BCUT2D eigenvalue weighted by Crippen LogP contribution is -2.28. The molecule has 11 rings (SSSR count). The number of benzene rings is 10. The first kappa shape index (κ1) is 42.6. The first-order valence-corrected chi connectivity index (χ1v) is 23.3. The molecule has 0 N–H and O–H groups in total. The van der Waals surface area contributed by atoms with Crippen molar-refractivity contribution < 1.29 is 0 Å². The predicted octanol–water partition coefficient (Wildman–Crippen LogP) is 14.4. The van der Waals surface area contributed by atoms with Gasteiger partial charge in [-0.2, -0.15) is 0 Å². The third kappa shape index (κ3) is 7.55. The van der Waals surface area contributed by atoms with Crippen LogP contribution in [-0.4, -0.2) is 4.57 Å². The minimum absolute atomic E-state index is 0.890. The van der Waals surface area contributed by atoms with E-state index in [0.717, 1.165) is 33.3 Å². The van der Waals surface area contributed by atoms with Crippen molar-refractivity contribution in [3.8, 4) is 16.9 Å². The highest BCUT2D eigenvalue weighted by Crippen LogP contribution is 2.45. The Morgan fingerprint density at radius 3 is 1.95 bits per heavy atom. The fourth-order valence-electron chi connectivity index (χ4n) is 9.79. The van der Waals surface area contributed by atoms with E-state index in [1.807, 2.05) is 27.7 Å². The van der Waals surface area contributed by atoms with Gasteiger partial charge in [-0.1, -0.05) is 199 Å². The Morgan fingerprint density at radius 1 is 0.554 bits per heavy atom. The summed E-state index contributed by atoms with van der Waals surface area (Å²) in [7, 11) is 0. The van der Waals surface area contributed by atoms with E-state index in [-0.39, 0.29) is 0 Å². The maximum absolute atomic E-state index is 4.00. The predicted molar refractivity (Wildman–Crippen MR) is 284 cm³/mol. The van der Waals surface area contributed by atoms with E-state index in [1.165, 1.54) is 92.7 Å². The molecule has 0 spiro atoms. The molecule has 1 heteroatoms. The van der Waals surface area contributed by atoms with E-state index < -0.39 is 0 Å². The summed E-state index contributed by atoms with van der Waals surface area (Å²) < 4.78 is 2.51. The Labute approximate surface area is 382 Å². The molecule has 0 atom stereocenters. The van der Waals surface area contributed by atoms with Crippen LogP contribution in [0, 0.1) is 0 Å². The highest BCUT2D eigenvalue weighted by molar-refractivity contribution is 6.33. The largest absolute Gasteiger partial charge is 0.309 e. The molecular weight excluding hydrogens is 783 g/mol. The van der Waals surface area contributed by atoms with Crippen LogP contribution in [-0.2, 0) is 6.42 Å². The smallest absolute Gasteiger partial charge is 0.0620 e. The van der Waals surface area contributed by atoms with Crippen molar-refractivity contribution in [3.05, 3.63) is 238 Å². The van der Waals surface area contributed by atoms with Crippen LogP contribution in [0.15, 0.2) is 195 Å². The molecule has 0 fully saturated rings. The zero-order valence-corrected chi connectivity index (χ0v) is 38.4. The fraction of sp³-hybridized carbons (Fsp3) is 0.109. The molecule has 11 aromatic rings. The molecule has 1 nitrogen and oxygen atoms in total. The van der Waals surface area contributed by atoms with Gasteiger partial charge >= 0.3 is 0 Å². The van der Waals surface area contributed by atoms with Gasteiger partial charge in [0.15, 0.2) is 0 Å². The van der Waals surface area contributed by atoms with Gasteiger partial charge in [0, 0.05) is 21.7 Å². The molecule has 0 unspecified atom stereocenters. The number of rotatable bonds is 6. The highest BCUT2D eigenvalue weighted by Gasteiger charge is 2.22. The van der Waals surface area contributed by atoms with E-state index in [9.17, 15) is 0 Å². The quantitative estimate of drug-likeness (QED) is 0.147. The van der Waals surface area contributed by atoms with Crippen molar-refractivity contribution in [2.24, 2.45) is 0 Å². The number of aryl methyl sites for hydroxylation is 1. The molecule has 316 valence electrons. The second-order valence-corrected chi connectivity index (χ2v) is 16.0. The van der Waals surface area contributed by atoms with Gasteiger partial charge in [0.05, 0.1) is 11.2 Å². The lowest BCUT2D eigenvalue weighted by Gasteiger charge is -2.18. The van der Waals surface area contributed by atoms with Crippen LogP contribution in [0.1, 0.15) is 63.8 Å². The average molecular weight is 838 g/mol. The van der Waals surface area contributed by atoms with Gasteiger partial charge in [-0.3, -0.25) is 0 Å². The second-order valence-electron chi connectivity index (χ2n) is 16.0. The first-order valence-electron chi connectivity index (χ1n) is 23.3. The summed E-state index contributed by atoms with van der Waals surface area (Å²) in [6.45, 7) is 16.3. The molecule has 10 aromatic carbocycles. The monoisotopic (exact) mass is 837 g/mol. The third-order valence-electron chi connectivity index (χ3n) is 12.7. The van der Waals surface area contributed by atoms with Crippen molar-refractivity contribution in [3.63, 3.8) is 0 Å². The number of nitrogens with zero attached hydrogens (tertiary/aromatic N) is 1. The topological polar surface area (TPSA) is 4.93 Å². The van der Waals surface area contributed by atoms with Gasteiger partial charge in [-0.05, 0) is 143 Å². The molecule has 0 saturated heterocycles. The lowest BCUT2D eigenvalue weighted by molar-refractivity contribution is 1.12. The Balaban J connectivity index is 0.00000130. The van der Waals surface area contributed by atoms with Crippen LogP contribution >= 0.6 is 0 Å². The standard InChI is InChI=1S/C60H43N.2C2H6/c1-4-40-27-26-39(34-42(40)6-3)35-47-18-12-13-23-51(47)57(49-33-29-43-16-10-11-17-46(43)36-49)54-37-48(32-28-41(54)5-2)56-38-55-52-24-14-19-44-30-31-45-20-15-25-53(59(45)58(44)52)60(55)61(56)50-21-8-7-9-22-50;2*1-2/h4,7-38H,3,5H2,1-2H3;2*1-2H3/b40-4-,47-35+,57-51-;;. The molecule has 1 heterocycles. The summed E-state index contributed by atoms with van der Waals surface area (Å²) in [6.07, 6.45) is 5.31. The van der Waals surface area contributed by atoms with E-state index >= 15 is 0 Å². The van der Waals surface area contributed by atoms with Crippen LogP contribution < -0.4 is 20.9 Å². The van der Waals surface area contributed by atoms with Crippen molar-refractivity contribution >= 4 is 77.4 Å². The molecule has 1 aromatic heterocycles. The number of hydrogen-bond acceptors (Lipinski definition) is 0. The molecule has 0 aliphatic carbocycles. The van der Waals surface area contributed by atoms with E-state index in [1.54, 1.807) is 0 Å². The minimum Gasteiger partial charge on any atom is -0.309 e. The Bertz CT molecular complexity index is 3800. The van der Waals surface area contributed by atoms with Crippen LogP contribution in [0.2, 0.25) is 0 Å². The summed E-state index contributed by atoms with van der Waals surface area (Å²) in [6, 6.07) is 69.6. The van der Waals surface area contributed by atoms with E-state index in [0.29, 0.717) is 0 Å². The van der Waals surface area contributed by atoms with Gasteiger partial charge in [0.1, 0.15) is 0 Å². The van der Waals surface area contributed by atoms with Gasteiger partial charge in [0.25, 0.3) is 0 Å². The Kier molecular flexibility index (Phi) is 12.2. The van der Waals surface area contributed by atoms with Crippen molar-refractivity contribution in [2.45, 2.75) is 48.0 Å². The molecule has 0 radical (unpaired) electrons. The first-order chi connectivity index (χ1) is 32.1. The SMILES string of the molecule is C=C=c1cc(/C=c2\cccc\c2=C(/c2ccc3ccccc3c2)c2cc(-c3cc4c5cccc6ccc7cccc(c7c65)c4n3-c3ccccc3)ccc2CC)cc/c1=C/C.CC.CC. The Hall–Kier alpha value is -7.70. The van der Waals surface area contributed by atoms with Crippen LogP contribution in [0.5, 0.6) is 0 Å². The minimum atomic E-state index is 0.890. The van der Waals surface area contributed by atoms with Crippen LogP contribution in [0.25, 0.3) is 94.4 Å². The fourth-order valence-corrected chi connectivity index (χ4v) is 9.79. The van der Waals surface area contributed by atoms with Crippen molar-refractivity contribution in [1.29, 1.82) is 0 Å². The van der Waals surface area contributed by atoms with Crippen molar-refractivity contribution in [1.82, 2.24) is 4.57 Å². The number of aromatic nitrogens is 1. The number of fused-ring (bicyclic) bond motifs is 4. The maximum Gasteiger partial charge on any atom is 0.0620 e. The number of hydrogen-bond donors (Lipinski definition) is 0. The molecular formula is C64H55N. The molecule has 0 amide bonds. The van der Waals surface area contributed by atoms with Gasteiger partial charge in [0.2, 0.25) is 0 Å². The van der Waals surface area contributed by atoms with Gasteiger partial charge in [-0.15, -0.1) is 5.73 Å². The van der Waals surface area contributed by atoms with Crippen LogP contribution in [0.4, 0.5) is 0 Å². The third-order valence-corrected chi connectivity index (χ3v) is 12.7. The lowest BCUT2D eigenvalue weighted by atomic mass is 9.87. The highest BCUT2D eigenvalue weighted by atomic mass is 15.0. The second kappa shape index (κ2) is 18.6. The molecule has 0 saturated carbocycles. The van der Waals surface area contributed by atoms with E-state index in [2.05, 4.69) is 231 Å². The normalized spacial score (nSPS) is 12.3. The van der Waals surface area contributed by atoms with Gasteiger partial charge < -0.3 is 4.57 Å². The average Bonchev–Trinajstić information content (AvgIpc) is 3.79. The van der Waals surface area contributed by atoms with Crippen molar-refractivity contribution in [2.75, 3.05) is 0 Å². The summed E-state index contributed by atoms with van der Waals surface area (Å²) in [4.78, 5) is 0. The van der Waals surface area contributed by atoms with Crippen LogP contribution in [0.3, 0.4) is 0 Å². The summed E-state index contributed by atoms with van der Waals surface area (Å²) in [5, 5.41) is 16.0. The molecule has 0 aliphatic rings.